The Hall–Kier alpha value is -5.75. The number of fused-ring (bicyclic) bond motifs is 1. The molecule has 1 aromatic carbocycles. The number of aromatic nitrogens is 4. The predicted molar refractivity (Wildman–Crippen MR) is 185 cm³/mol. The van der Waals surface area contributed by atoms with E-state index in [-0.39, 0.29) is 93.1 Å². The maximum atomic E-state index is 12.7. The Bertz CT molecular complexity index is 1810. The van der Waals surface area contributed by atoms with E-state index in [0.717, 1.165) is 10.6 Å². The Morgan fingerprint density at radius 2 is 1.57 bits per heavy atom. The largest absolute Gasteiger partial charge is 0.379 e. The third-order valence-corrected chi connectivity index (χ3v) is 7.50. The molecule has 272 valence electrons. The molecule has 0 saturated carbocycles. The van der Waals surface area contributed by atoms with Gasteiger partial charge in [-0.1, -0.05) is 0 Å². The van der Waals surface area contributed by atoms with Crippen molar-refractivity contribution in [2.24, 2.45) is 0 Å². The molecule has 3 heterocycles. The zero-order valence-electron chi connectivity index (χ0n) is 28.6. The van der Waals surface area contributed by atoms with Crippen molar-refractivity contribution in [2.45, 2.75) is 58.4 Å². The van der Waals surface area contributed by atoms with E-state index in [4.69, 9.17) is 15.2 Å². The van der Waals surface area contributed by atoms with Crippen LogP contribution in [0.4, 0.5) is 11.6 Å². The first-order chi connectivity index (χ1) is 24.3. The first-order valence-electron chi connectivity index (χ1n) is 16.3. The summed E-state index contributed by atoms with van der Waals surface area (Å²) in [5.41, 5.74) is 7.01. The van der Waals surface area contributed by atoms with E-state index < -0.39 is 23.2 Å². The molecule has 1 atom stereocenters. The normalized spacial score (nSPS) is 13.4. The number of nitrogens with two attached hydrogens (primary N) is 1. The van der Waals surface area contributed by atoms with Crippen LogP contribution in [0.3, 0.4) is 0 Å². The average molecular weight is 707 g/mol. The highest BCUT2D eigenvalue weighted by molar-refractivity contribution is 6.13. The molecule has 0 unspecified atom stereocenters. The number of H-pyrrole nitrogens is 1. The highest BCUT2D eigenvalue weighted by Crippen LogP contribution is 2.13. The number of ether oxygens (including phenoxy) is 2. The minimum atomic E-state index is -0.968. The van der Waals surface area contributed by atoms with E-state index in [2.05, 4.69) is 41.2 Å². The first kappa shape index (κ1) is 38.1. The number of nitrogen functional groups attached to an aromatic ring is 1. The van der Waals surface area contributed by atoms with Gasteiger partial charge in [0.25, 0.3) is 23.3 Å². The van der Waals surface area contributed by atoms with Gasteiger partial charge in [0.05, 0.1) is 31.6 Å². The number of hydrogen-bond donors (Lipinski definition) is 6. The topological polar surface area (TPSA) is 253 Å². The molecule has 18 nitrogen and oxygen atoms in total. The summed E-state index contributed by atoms with van der Waals surface area (Å²) >= 11 is 0. The number of anilines is 2. The van der Waals surface area contributed by atoms with Crippen LogP contribution in [0, 0.1) is 0 Å². The lowest BCUT2D eigenvalue weighted by Gasteiger charge is -2.26. The van der Waals surface area contributed by atoms with E-state index in [9.17, 15) is 28.8 Å². The molecule has 0 fully saturated rings. The number of carbonyl (C=O) groups is 5. The van der Waals surface area contributed by atoms with E-state index in [0.29, 0.717) is 17.7 Å². The maximum Gasteiger partial charge on any atom is 0.280 e. The van der Waals surface area contributed by atoms with Crippen LogP contribution in [0.1, 0.15) is 56.1 Å². The van der Waals surface area contributed by atoms with E-state index in [1.165, 1.54) is 18.3 Å². The Balaban J connectivity index is 1.05. The van der Waals surface area contributed by atoms with Gasteiger partial charge in [0, 0.05) is 61.9 Å². The molecular weight excluding hydrogens is 664 g/mol. The van der Waals surface area contributed by atoms with Crippen LogP contribution in [-0.4, -0.2) is 99.0 Å². The van der Waals surface area contributed by atoms with Crippen LogP contribution >= 0.6 is 0 Å². The molecule has 2 aromatic heterocycles. The molecule has 4 rings (SSSR count). The van der Waals surface area contributed by atoms with Crippen LogP contribution in [0.25, 0.3) is 11.2 Å². The molecule has 0 bridgehead atoms. The van der Waals surface area contributed by atoms with Gasteiger partial charge in [-0.05, 0) is 51.5 Å². The number of nitrogens with one attached hydrogen (secondary N) is 5. The lowest BCUT2D eigenvalue weighted by Crippen LogP contribution is -2.38. The number of aromatic amines is 1. The molecule has 5 amide bonds. The Morgan fingerprint density at radius 1 is 0.941 bits per heavy atom. The van der Waals surface area contributed by atoms with Crippen LogP contribution in [0.15, 0.2) is 47.4 Å². The number of carbonyl (C=O) groups excluding carboxylic acids is 5. The third-order valence-electron chi connectivity index (χ3n) is 7.50. The monoisotopic (exact) mass is 706 g/mol. The molecule has 3 aromatic rings. The van der Waals surface area contributed by atoms with Crippen LogP contribution < -0.4 is 32.6 Å². The van der Waals surface area contributed by atoms with Crippen molar-refractivity contribution in [3.8, 4) is 0 Å². The fourth-order valence-corrected chi connectivity index (χ4v) is 4.77. The fraction of sp³-hybridized carbons (Fsp3) is 0.424. The van der Waals surface area contributed by atoms with Crippen LogP contribution in [0.2, 0.25) is 0 Å². The highest BCUT2D eigenvalue weighted by Gasteiger charge is 2.24. The second-order valence-electron chi connectivity index (χ2n) is 12.0. The van der Waals surface area contributed by atoms with E-state index >= 15 is 0 Å². The van der Waals surface area contributed by atoms with Crippen molar-refractivity contribution in [1.82, 2.24) is 40.8 Å². The lowest BCUT2D eigenvalue weighted by molar-refractivity contribution is -0.211. The summed E-state index contributed by atoms with van der Waals surface area (Å²) in [7, 11) is 0. The van der Waals surface area contributed by atoms with Crippen molar-refractivity contribution >= 4 is 52.3 Å². The van der Waals surface area contributed by atoms with Gasteiger partial charge in [0.15, 0.2) is 17.0 Å². The summed E-state index contributed by atoms with van der Waals surface area (Å²) in [6.07, 6.45) is 4.46. The van der Waals surface area contributed by atoms with E-state index in [1.54, 1.807) is 38.1 Å². The SMILES string of the molecule is C[C@H](CCC(=O)NCCOC(C)(C)OCCNC(=O)CCN1C(=O)C=CC1=O)NC(=O)c1ccc(NCc2cnc3nc(N)[nH]c(=O)c3n2)cc1. The number of rotatable bonds is 19. The van der Waals surface area contributed by atoms with Crippen LogP contribution in [-0.2, 0) is 35.2 Å². The summed E-state index contributed by atoms with van der Waals surface area (Å²) in [5.74, 6) is -2.65. The maximum absolute atomic E-state index is 12.7. The predicted octanol–water partition coefficient (Wildman–Crippen LogP) is 0.123. The van der Waals surface area contributed by atoms with Crippen molar-refractivity contribution < 1.29 is 33.4 Å². The first-order valence-corrected chi connectivity index (χ1v) is 16.3. The smallest absolute Gasteiger partial charge is 0.280 e. The van der Waals surface area contributed by atoms with Gasteiger partial charge >= 0.3 is 0 Å². The van der Waals surface area contributed by atoms with Crippen molar-refractivity contribution in [3.63, 3.8) is 0 Å². The molecule has 1 aliphatic rings. The molecule has 18 heteroatoms. The quantitative estimate of drug-likeness (QED) is 0.0551. The van der Waals surface area contributed by atoms with Gasteiger partial charge in [-0.15, -0.1) is 0 Å². The van der Waals surface area contributed by atoms with Gasteiger partial charge in [-0.25, -0.2) is 9.97 Å². The third kappa shape index (κ3) is 12.0. The Morgan fingerprint density at radius 3 is 2.22 bits per heavy atom. The van der Waals surface area contributed by atoms with Gasteiger partial charge in [-0.3, -0.25) is 38.7 Å². The number of benzene rings is 1. The summed E-state index contributed by atoms with van der Waals surface area (Å²) in [5, 5.41) is 11.5. The number of imide groups is 1. The zero-order valence-corrected chi connectivity index (χ0v) is 28.6. The van der Waals surface area contributed by atoms with Gasteiger partial charge < -0.3 is 36.5 Å². The summed E-state index contributed by atoms with van der Waals surface area (Å²) < 4.78 is 11.4. The molecule has 51 heavy (non-hydrogen) atoms. The van der Waals surface area contributed by atoms with Gasteiger partial charge in [-0.2, -0.15) is 4.98 Å². The van der Waals surface area contributed by atoms with Crippen molar-refractivity contribution in [3.05, 3.63) is 64.2 Å². The number of amides is 5. The minimum Gasteiger partial charge on any atom is -0.379 e. The van der Waals surface area contributed by atoms with Crippen LogP contribution in [0.5, 0.6) is 0 Å². The summed E-state index contributed by atoms with van der Waals surface area (Å²) in [4.78, 5) is 88.0. The standard InChI is InChI=1S/C33H42N10O8/c1-20(39-30(48)21-5-7-22(8-6-21)37-18-23-19-38-29-28(40-23)31(49)42-32(34)41-29)4-9-24(44)35-13-16-50-33(2,3)51-17-14-36-25(45)12-15-43-26(46)10-11-27(43)47/h5-8,10-11,19-20,37H,4,9,12-18H2,1-3H3,(H,35,44)(H,36,45)(H,39,48)(H3,34,38,41,42,49)/t20-/m1/s1. The number of nitrogens with zero attached hydrogens (tertiary/aromatic N) is 4. The molecule has 0 aliphatic carbocycles. The Kier molecular flexibility index (Phi) is 13.3. The zero-order chi connectivity index (χ0) is 37.0. The Labute approximate surface area is 293 Å². The van der Waals surface area contributed by atoms with Crippen molar-refractivity contribution in [2.75, 3.05) is 43.9 Å². The molecule has 0 saturated heterocycles. The highest BCUT2D eigenvalue weighted by atomic mass is 16.7. The second-order valence-corrected chi connectivity index (χ2v) is 12.0. The molecule has 1 aliphatic heterocycles. The minimum absolute atomic E-state index is 0.00727. The molecule has 7 N–H and O–H groups in total. The molecular formula is C33H42N10O8. The number of hydrogen-bond acceptors (Lipinski definition) is 13. The second kappa shape index (κ2) is 17.8. The molecule has 0 radical (unpaired) electrons. The molecule has 0 spiro atoms. The van der Waals surface area contributed by atoms with Gasteiger partial charge in [0.1, 0.15) is 0 Å². The van der Waals surface area contributed by atoms with E-state index in [1.807, 2.05) is 6.92 Å². The lowest BCUT2D eigenvalue weighted by atomic mass is 10.1. The van der Waals surface area contributed by atoms with Crippen molar-refractivity contribution in [1.29, 1.82) is 0 Å². The average Bonchev–Trinajstić information content (AvgIpc) is 3.42. The fourth-order valence-electron chi connectivity index (χ4n) is 4.77. The summed E-state index contributed by atoms with van der Waals surface area (Å²) in [6.45, 7) is 6.36. The van der Waals surface area contributed by atoms with Gasteiger partial charge in [0.2, 0.25) is 17.8 Å². The summed E-state index contributed by atoms with van der Waals surface area (Å²) in [6, 6.07) is 6.57.